The number of nitriles is 1. The highest BCUT2D eigenvalue weighted by Crippen LogP contribution is 2.57. The summed E-state index contributed by atoms with van der Waals surface area (Å²) in [5.41, 5.74) is 11.1. The fraction of sp³-hybridized carbons (Fsp3) is 0.0682. The van der Waals surface area contributed by atoms with Crippen LogP contribution in [0.4, 0.5) is 11.4 Å². The van der Waals surface area contributed by atoms with Gasteiger partial charge in [0.25, 0.3) is 0 Å². The maximum Gasteiger partial charge on any atom is 0.134 e. The van der Waals surface area contributed by atoms with E-state index in [0.29, 0.717) is 5.56 Å². The second-order valence-electron chi connectivity index (χ2n) is 13.0. The number of hydrogen-bond donors (Lipinski definition) is 0. The Morgan fingerprint density at radius 3 is 2.12 bits per heavy atom. The van der Waals surface area contributed by atoms with Gasteiger partial charge in [-0.05, 0) is 72.6 Å². The average Bonchev–Trinajstić information content (AvgIpc) is 3.78. The number of furan rings is 1. The van der Waals surface area contributed by atoms with E-state index in [-0.39, 0.29) is 6.04 Å². The zero-order chi connectivity index (χ0) is 32.0. The fourth-order valence-corrected chi connectivity index (χ4v) is 8.35. The van der Waals surface area contributed by atoms with Crippen LogP contribution in [-0.2, 0) is 5.41 Å². The smallest absolute Gasteiger partial charge is 0.134 e. The maximum absolute atomic E-state index is 10.1. The highest BCUT2D eigenvalue weighted by atomic mass is 16.3. The summed E-state index contributed by atoms with van der Waals surface area (Å²) in [5, 5.41) is 13.6. The molecule has 0 N–H and O–H groups in total. The van der Waals surface area contributed by atoms with E-state index < -0.39 is 5.41 Å². The van der Waals surface area contributed by atoms with E-state index in [1.165, 1.54) is 16.3 Å². The number of benzene rings is 6. The van der Waals surface area contributed by atoms with Gasteiger partial charge in [0.15, 0.2) is 0 Å². The van der Waals surface area contributed by atoms with Crippen LogP contribution < -0.4 is 4.90 Å². The topological polar surface area (TPSA) is 45.1 Å². The standard InChI is InChI=1S/C44H29N3O/c1-44-36-22-20-29(35-25-28(27-45)19-23-39(35)47-37-16-8-5-13-31(37)32-14-6-9-17-38(32)47)26-40(36)46(30-11-3-2-4-12-30)42(44)24-21-34-33-15-7-10-18-41(33)48-43(34)44/h2-26,42H,1H3. The molecular formula is C44H29N3O. The molecule has 2 aliphatic rings. The van der Waals surface area contributed by atoms with Gasteiger partial charge in [0.05, 0.1) is 39.8 Å². The van der Waals surface area contributed by atoms with Gasteiger partial charge in [-0.1, -0.05) is 97.1 Å². The molecule has 226 valence electrons. The summed E-state index contributed by atoms with van der Waals surface area (Å²) in [7, 11) is 0. The fourth-order valence-electron chi connectivity index (χ4n) is 8.35. The third-order valence-corrected chi connectivity index (χ3v) is 10.5. The normalized spacial score (nSPS) is 17.8. The zero-order valence-electron chi connectivity index (χ0n) is 26.3. The van der Waals surface area contributed by atoms with Crippen molar-refractivity contribution in [1.82, 2.24) is 4.57 Å². The lowest BCUT2D eigenvalue weighted by molar-refractivity contribution is 0.409. The van der Waals surface area contributed by atoms with Crippen molar-refractivity contribution in [3.63, 3.8) is 0 Å². The van der Waals surface area contributed by atoms with Gasteiger partial charge in [0.1, 0.15) is 11.3 Å². The molecule has 0 spiro atoms. The van der Waals surface area contributed by atoms with Gasteiger partial charge >= 0.3 is 0 Å². The molecule has 1 aliphatic heterocycles. The highest BCUT2D eigenvalue weighted by Gasteiger charge is 2.53. The van der Waals surface area contributed by atoms with E-state index in [2.05, 4.69) is 156 Å². The number of rotatable bonds is 3. The second-order valence-corrected chi connectivity index (χ2v) is 13.0. The number of para-hydroxylation sites is 4. The van der Waals surface area contributed by atoms with Crippen LogP contribution in [0.5, 0.6) is 0 Å². The first-order valence-electron chi connectivity index (χ1n) is 16.4. The van der Waals surface area contributed by atoms with Crippen LogP contribution >= 0.6 is 0 Å². The Bertz CT molecular complexity index is 2620. The lowest BCUT2D eigenvalue weighted by Gasteiger charge is -2.36. The molecule has 2 unspecified atom stereocenters. The van der Waals surface area contributed by atoms with Crippen LogP contribution in [0.15, 0.2) is 150 Å². The predicted octanol–water partition coefficient (Wildman–Crippen LogP) is 10.9. The molecule has 0 amide bonds. The van der Waals surface area contributed by atoms with Crippen LogP contribution in [0.25, 0.3) is 55.7 Å². The molecule has 4 heteroatoms. The van der Waals surface area contributed by atoms with Crippen LogP contribution in [0.1, 0.15) is 29.4 Å². The Balaban J connectivity index is 1.24. The second kappa shape index (κ2) is 9.84. The molecule has 0 radical (unpaired) electrons. The van der Waals surface area contributed by atoms with Crippen molar-refractivity contribution in [3.8, 4) is 22.9 Å². The van der Waals surface area contributed by atoms with Crippen molar-refractivity contribution in [3.05, 3.63) is 168 Å². The molecule has 2 aromatic heterocycles. The van der Waals surface area contributed by atoms with E-state index in [1.807, 2.05) is 18.2 Å². The van der Waals surface area contributed by atoms with Gasteiger partial charge in [-0.25, -0.2) is 0 Å². The minimum absolute atomic E-state index is 0.0143. The van der Waals surface area contributed by atoms with Crippen molar-refractivity contribution in [2.45, 2.75) is 18.4 Å². The van der Waals surface area contributed by atoms with Crippen molar-refractivity contribution in [1.29, 1.82) is 5.26 Å². The summed E-state index contributed by atoms with van der Waals surface area (Å²) < 4.78 is 9.07. The summed E-state index contributed by atoms with van der Waals surface area (Å²) in [4.78, 5) is 2.46. The van der Waals surface area contributed by atoms with Crippen molar-refractivity contribution in [2.75, 3.05) is 4.90 Å². The lowest BCUT2D eigenvalue weighted by atomic mass is 9.72. The summed E-state index contributed by atoms with van der Waals surface area (Å²) in [6.45, 7) is 2.32. The molecule has 3 heterocycles. The predicted molar refractivity (Wildman–Crippen MR) is 195 cm³/mol. The molecule has 0 bridgehead atoms. The van der Waals surface area contributed by atoms with Crippen molar-refractivity contribution >= 4 is 50.2 Å². The molecule has 48 heavy (non-hydrogen) atoms. The van der Waals surface area contributed by atoms with Gasteiger partial charge in [-0.2, -0.15) is 5.26 Å². The highest BCUT2D eigenvalue weighted by molar-refractivity contribution is 6.09. The van der Waals surface area contributed by atoms with Crippen LogP contribution in [0.3, 0.4) is 0 Å². The van der Waals surface area contributed by atoms with Gasteiger partial charge in [0, 0.05) is 38.7 Å². The molecule has 2 atom stereocenters. The zero-order valence-corrected chi connectivity index (χ0v) is 26.3. The van der Waals surface area contributed by atoms with Crippen LogP contribution in [0, 0.1) is 11.3 Å². The summed E-state index contributed by atoms with van der Waals surface area (Å²) in [6, 6.07) is 51.4. The number of anilines is 2. The number of hydrogen-bond acceptors (Lipinski definition) is 3. The Kier molecular flexibility index (Phi) is 5.51. The Labute approximate surface area is 278 Å². The molecule has 6 aromatic carbocycles. The maximum atomic E-state index is 10.1. The molecule has 0 fully saturated rings. The molecule has 8 aromatic rings. The molecule has 0 saturated carbocycles. The first-order valence-corrected chi connectivity index (χ1v) is 16.4. The Morgan fingerprint density at radius 2 is 1.38 bits per heavy atom. The van der Waals surface area contributed by atoms with Crippen molar-refractivity contribution < 1.29 is 4.42 Å². The largest absolute Gasteiger partial charge is 0.459 e. The monoisotopic (exact) mass is 615 g/mol. The van der Waals surface area contributed by atoms with E-state index in [9.17, 15) is 5.26 Å². The van der Waals surface area contributed by atoms with Crippen LogP contribution in [0.2, 0.25) is 0 Å². The first-order chi connectivity index (χ1) is 23.6. The molecule has 4 nitrogen and oxygen atoms in total. The minimum atomic E-state index is -0.420. The van der Waals surface area contributed by atoms with Gasteiger partial charge in [-0.15, -0.1) is 0 Å². The Hall–Kier alpha value is -6.31. The van der Waals surface area contributed by atoms with Gasteiger partial charge in [0.2, 0.25) is 0 Å². The van der Waals surface area contributed by atoms with Gasteiger partial charge < -0.3 is 13.9 Å². The number of fused-ring (bicyclic) bond motifs is 10. The van der Waals surface area contributed by atoms with E-state index in [1.54, 1.807) is 0 Å². The van der Waals surface area contributed by atoms with Gasteiger partial charge in [-0.3, -0.25) is 0 Å². The van der Waals surface area contributed by atoms with Crippen molar-refractivity contribution in [2.24, 2.45) is 0 Å². The third-order valence-electron chi connectivity index (χ3n) is 10.5. The quantitative estimate of drug-likeness (QED) is 0.199. The first kappa shape index (κ1) is 26.9. The molecule has 1 aliphatic carbocycles. The molecular weight excluding hydrogens is 587 g/mol. The van der Waals surface area contributed by atoms with Crippen LogP contribution in [-0.4, -0.2) is 10.6 Å². The third kappa shape index (κ3) is 3.53. The Morgan fingerprint density at radius 1 is 0.688 bits per heavy atom. The summed E-state index contributed by atoms with van der Waals surface area (Å²) in [5.74, 6) is 1.00. The number of aromatic nitrogens is 1. The SMILES string of the molecule is CC12c3ccc(-c4cc(C#N)ccc4-n4c5ccccc5c5ccccc54)cc3N(c3ccccc3)C1C=Cc1c2oc2ccccc12. The summed E-state index contributed by atoms with van der Waals surface area (Å²) in [6.07, 6.45) is 4.59. The van der Waals surface area contributed by atoms with E-state index in [0.717, 1.165) is 61.5 Å². The average molecular weight is 616 g/mol. The summed E-state index contributed by atoms with van der Waals surface area (Å²) >= 11 is 0. The number of nitrogens with zero attached hydrogens (tertiary/aromatic N) is 3. The molecule has 10 rings (SSSR count). The van der Waals surface area contributed by atoms with E-state index >= 15 is 0 Å². The minimum Gasteiger partial charge on any atom is -0.459 e. The molecule has 0 saturated heterocycles. The van der Waals surface area contributed by atoms with E-state index in [4.69, 9.17) is 4.42 Å². The lowest BCUT2D eigenvalue weighted by Crippen LogP contribution is -2.41.